The van der Waals surface area contributed by atoms with Crippen molar-refractivity contribution in [2.75, 3.05) is 10.6 Å². The number of carbonyl (C=O) groups is 1. The molecule has 2 aromatic heterocycles. The van der Waals surface area contributed by atoms with E-state index in [-0.39, 0.29) is 6.04 Å². The Balaban J connectivity index is 1.47. The van der Waals surface area contributed by atoms with E-state index in [9.17, 15) is 15.3 Å². The van der Waals surface area contributed by atoms with Crippen LogP contribution < -0.4 is 16.4 Å². The largest absolute Gasteiger partial charge is 0.377 e. The highest BCUT2D eigenvalue weighted by molar-refractivity contribution is 5.99. The van der Waals surface area contributed by atoms with E-state index in [1.54, 1.807) is 24.3 Å². The molecule has 10 nitrogen and oxygen atoms in total. The van der Waals surface area contributed by atoms with Crippen LogP contribution in [0.5, 0.6) is 0 Å². The molecule has 4 N–H and O–H groups in total. The van der Waals surface area contributed by atoms with E-state index in [0.29, 0.717) is 50.7 Å². The third-order valence-corrected chi connectivity index (χ3v) is 7.70. The maximum atomic E-state index is 12.0. The van der Waals surface area contributed by atoms with Crippen LogP contribution in [0.4, 0.5) is 11.4 Å². The van der Waals surface area contributed by atoms with E-state index in [4.69, 9.17) is 5.73 Å². The molecule has 43 heavy (non-hydrogen) atoms. The molecule has 1 aliphatic rings. The van der Waals surface area contributed by atoms with Gasteiger partial charge in [-0.15, -0.1) is 5.10 Å². The van der Waals surface area contributed by atoms with Crippen LogP contribution in [0.2, 0.25) is 0 Å². The van der Waals surface area contributed by atoms with Gasteiger partial charge in [0.2, 0.25) is 5.91 Å². The number of nitrogens with zero attached hydrogens (tertiary/aromatic N) is 6. The summed E-state index contributed by atoms with van der Waals surface area (Å²) in [5.41, 5.74) is 10.9. The van der Waals surface area contributed by atoms with E-state index < -0.39 is 11.9 Å². The highest BCUT2D eigenvalue weighted by Crippen LogP contribution is 2.37. The smallest absolute Gasteiger partial charge is 0.248 e. The molecule has 6 rings (SSSR count). The summed E-state index contributed by atoms with van der Waals surface area (Å²) < 4.78 is 1.86. The Morgan fingerprint density at radius 2 is 1.79 bits per heavy atom. The molecular formula is C33H29N9O. The minimum absolute atomic E-state index is 0.0669. The van der Waals surface area contributed by atoms with Gasteiger partial charge >= 0.3 is 0 Å². The van der Waals surface area contributed by atoms with Crippen LogP contribution in [0.1, 0.15) is 82.6 Å². The van der Waals surface area contributed by atoms with E-state index in [2.05, 4.69) is 45.0 Å². The lowest BCUT2D eigenvalue weighted by Crippen LogP contribution is -2.16. The molecule has 5 aromatic rings. The number of fused-ring (bicyclic) bond motifs is 1. The lowest BCUT2D eigenvalue weighted by atomic mass is 9.99. The Hall–Kier alpha value is -5.74. The van der Waals surface area contributed by atoms with Crippen molar-refractivity contribution in [3.8, 4) is 12.1 Å². The van der Waals surface area contributed by atoms with Crippen molar-refractivity contribution in [2.45, 2.75) is 44.3 Å². The second kappa shape index (κ2) is 11.6. The fourth-order valence-electron chi connectivity index (χ4n) is 5.30. The SMILES string of the molecule is CC[C@@H](Nc1c(C#N)cnc2c(C#N)cc(N[C@@H](c3cccc(C(N)=O)c3)c3cn(C4CC4)nn3)cc12)c1ccccc1. The van der Waals surface area contributed by atoms with E-state index >= 15 is 0 Å². The number of nitrogens with one attached hydrogen (secondary N) is 2. The Morgan fingerprint density at radius 3 is 2.49 bits per heavy atom. The van der Waals surface area contributed by atoms with Gasteiger partial charge in [-0.1, -0.05) is 54.6 Å². The van der Waals surface area contributed by atoms with Crippen molar-refractivity contribution < 1.29 is 4.79 Å². The van der Waals surface area contributed by atoms with Gasteiger partial charge in [-0.25, -0.2) is 4.68 Å². The maximum Gasteiger partial charge on any atom is 0.248 e. The van der Waals surface area contributed by atoms with E-state index in [0.717, 1.165) is 30.4 Å². The molecule has 2 heterocycles. The second-order valence-electron chi connectivity index (χ2n) is 10.6. The molecule has 1 fully saturated rings. The molecule has 1 saturated carbocycles. The summed E-state index contributed by atoms with van der Waals surface area (Å²) in [6.07, 6.45) is 6.30. The first-order valence-electron chi connectivity index (χ1n) is 14.2. The van der Waals surface area contributed by atoms with Gasteiger partial charge in [0.15, 0.2) is 0 Å². The topological polar surface area (TPSA) is 158 Å². The first-order chi connectivity index (χ1) is 21.0. The normalized spacial score (nSPS) is 13.9. The maximum absolute atomic E-state index is 12.0. The number of rotatable bonds is 10. The number of primary amides is 1. The van der Waals surface area contributed by atoms with Crippen LogP contribution in [-0.2, 0) is 0 Å². The number of pyridine rings is 1. The van der Waals surface area contributed by atoms with Crippen LogP contribution in [-0.4, -0.2) is 25.9 Å². The third-order valence-electron chi connectivity index (χ3n) is 7.70. The number of carbonyl (C=O) groups excluding carboxylic acids is 1. The number of amides is 1. The molecule has 3 aromatic carbocycles. The first kappa shape index (κ1) is 27.4. The molecule has 0 radical (unpaired) electrons. The number of nitriles is 2. The quantitative estimate of drug-likeness (QED) is 0.192. The van der Waals surface area contributed by atoms with E-state index in [1.807, 2.05) is 53.3 Å². The number of nitrogens with two attached hydrogens (primary N) is 1. The van der Waals surface area contributed by atoms with Crippen molar-refractivity contribution in [3.05, 3.63) is 113 Å². The monoisotopic (exact) mass is 567 g/mol. The molecule has 0 saturated heterocycles. The lowest BCUT2D eigenvalue weighted by Gasteiger charge is -2.22. The second-order valence-corrected chi connectivity index (χ2v) is 10.6. The molecule has 1 amide bonds. The molecule has 0 bridgehead atoms. The van der Waals surface area contributed by atoms with Crippen molar-refractivity contribution in [1.82, 2.24) is 20.0 Å². The van der Waals surface area contributed by atoms with Crippen LogP contribution in [0.3, 0.4) is 0 Å². The number of benzene rings is 3. The van der Waals surface area contributed by atoms with Crippen LogP contribution in [0.15, 0.2) is 79.1 Å². The Kier molecular flexibility index (Phi) is 7.42. The van der Waals surface area contributed by atoms with Crippen LogP contribution >= 0.6 is 0 Å². The highest BCUT2D eigenvalue weighted by Gasteiger charge is 2.27. The number of hydrogen-bond acceptors (Lipinski definition) is 8. The predicted octanol–water partition coefficient (Wildman–Crippen LogP) is 5.77. The zero-order valence-electron chi connectivity index (χ0n) is 23.5. The van der Waals surface area contributed by atoms with Gasteiger partial charge in [-0.05, 0) is 54.7 Å². The van der Waals surface area contributed by atoms with Gasteiger partial charge < -0.3 is 16.4 Å². The van der Waals surface area contributed by atoms with Crippen molar-refractivity contribution in [1.29, 1.82) is 10.5 Å². The van der Waals surface area contributed by atoms with Gasteiger partial charge in [0.1, 0.15) is 17.8 Å². The Morgan fingerprint density at radius 1 is 1.02 bits per heavy atom. The minimum Gasteiger partial charge on any atom is -0.377 e. The van der Waals surface area contributed by atoms with Gasteiger partial charge in [-0.2, -0.15) is 10.5 Å². The molecule has 1 aliphatic carbocycles. The zero-order valence-corrected chi connectivity index (χ0v) is 23.5. The van der Waals surface area contributed by atoms with Crippen LogP contribution in [0, 0.1) is 22.7 Å². The summed E-state index contributed by atoms with van der Waals surface area (Å²) in [5, 5.41) is 36.7. The molecular weight excluding hydrogens is 538 g/mol. The standard InChI is InChI=1S/C33H29N9O/c1-2-28(20-7-4-3-5-8-20)39-31-24(17-35)18-37-30-23(16-34)14-25(15-27(30)31)38-32(21-9-6-10-22(13-21)33(36)43)29-19-42(41-40-29)26-11-12-26/h3-10,13-15,18-19,26,28,32,38H,2,11-12H2,1H3,(H2,36,43)(H,37,39)/t28-,32+/m1/s1. The number of aromatic nitrogens is 4. The number of hydrogen-bond donors (Lipinski definition) is 3. The summed E-state index contributed by atoms with van der Waals surface area (Å²) in [6, 6.07) is 25.0. The summed E-state index contributed by atoms with van der Waals surface area (Å²) >= 11 is 0. The fraction of sp³-hybridized carbons (Fsp3) is 0.212. The van der Waals surface area contributed by atoms with Crippen molar-refractivity contribution in [3.63, 3.8) is 0 Å². The van der Waals surface area contributed by atoms with Crippen molar-refractivity contribution >= 4 is 28.2 Å². The highest BCUT2D eigenvalue weighted by atomic mass is 16.1. The average molecular weight is 568 g/mol. The third kappa shape index (κ3) is 5.59. The fourth-order valence-corrected chi connectivity index (χ4v) is 5.30. The molecule has 0 aliphatic heterocycles. The molecule has 2 atom stereocenters. The van der Waals surface area contributed by atoms with Crippen LogP contribution in [0.25, 0.3) is 10.9 Å². The Labute approximate surface area is 248 Å². The van der Waals surface area contributed by atoms with Gasteiger partial charge in [0.25, 0.3) is 0 Å². The summed E-state index contributed by atoms with van der Waals surface area (Å²) in [4.78, 5) is 16.5. The average Bonchev–Trinajstić information content (AvgIpc) is 3.78. The summed E-state index contributed by atoms with van der Waals surface area (Å²) in [7, 11) is 0. The predicted molar refractivity (Wildman–Crippen MR) is 163 cm³/mol. The minimum atomic E-state index is -0.533. The molecule has 212 valence electrons. The molecule has 10 heteroatoms. The zero-order chi connectivity index (χ0) is 29.9. The first-order valence-corrected chi connectivity index (χ1v) is 14.2. The lowest BCUT2D eigenvalue weighted by molar-refractivity contribution is 0.1000. The van der Waals surface area contributed by atoms with Gasteiger partial charge in [-0.3, -0.25) is 9.78 Å². The Bertz CT molecular complexity index is 1900. The summed E-state index contributed by atoms with van der Waals surface area (Å²) in [5.74, 6) is -0.533. The van der Waals surface area contributed by atoms with E-state index in [1.165, 1.54) is 6.20 Å². The molecule has 0 unspecified atom stereocenters. The van der Waals surface area contributed by atoms with Gasteiger partial charge in [0.05, 0.1) is 46.7 Å². The van der Waals surface area contributed by atoms with Gasteiger partial charge in [0, 0.05) is 22.8 Å². The summed E-state index contributed by atoms with van der Waals surface area (Å²) in [6.45, 7) is 2.08. The molecule has 0 spiro atoms. The van der Waals surface area contributed by atoms with Crippen molar-refractivity contribution in [2.24, 2.45) is 5.73 Å². The number of anilines is 2.